The third kappa shape index (κ3) is 1.62. The van der Waals surface area contributed by atoms with Gasteiger partial charge in [0.15, 0.2) is 5.82 Å². The van der Waals surface area contributed by atoms with Crippen molar-refractivity contribution in [1.82, 2.24) is 19.7 Å². The second-order valence-electron chi connectivity index (χ2n) is 4.59. The largest absolute Gasteiger partial charge is 0.360 e. The molecule has 0 radical (unpaired) electrons. The van der Waals surface area contributed by atoms with E-state index in [-0.39, 0.29) is 0 Å². The molecule has 0 unspecified atom stereocenters. The minimum absolute atomic E-state index is 0.818. The first-order chi connectivity index (χ1) is 9.93. The molecule has 0 saturated carbocycles. The Morgan fingerprint density at radius 1 is 0.950 bits per heavy atom. The summed E-state index contributed by atoms with van der Waals surface area (Å²) in [6.07, 6.45) is 3.61. The molecular weight excluding hydrogens is 248 g/mol. The van der Waals surface area contributed by atoms with E-state index in [2.05, 4.69) is 44.0 Å². The Hall–Kier alpha value is -2.88. The monoisotopic (exact) mass is 260 g/mol. The minimum atomic E-state index is 0.818. The van der Waals surface area contributed by atoms with Crippen LogP contribution < -0.4 is 0 Å². The molecule has 3 aromatic heterocycles. The molecular formula is C16H12N4. The van der Waals surface area contributed by atoms with Crippen LogP contribution in [0, 0.1) is 0 Å². The van der Waals surface area contributed by atoms with Crippen molar-refractivity contribution in [3.63, 3.8) is 0 Å². The maximum atomic E-state index is 4.24. The number of rotatable bonds is 2. The zero-order valence-corrected chi connectivity index (χ0v) is 10.7. The lowest BCUT2D eigenvalue weighted by molar-refractivity contribution is 0.939. The number of hydrogen-bond donors (Lipinski definition) is 1. The summed E-state index contributed by atoms with van der Waals surface area (Å²) < 4.78 is 2.12. The number of nitrogens with zero attached hydrogens (tertiary/aromatic N) is 3. The van der Waals surface area contributed by atoms with Gasteiger partial charge in [-0.25, -0.2) is 0 Å². The second-order valence-corrected chi connectivity index (χ2v) is 4.59. The van der Waals surface area contributed by atoms with Crippen LogP contribution in [0.25, 0.3) is 28.1 Å². The van der Waals surface area contributed by atoms with Crippen LogP contribution in [0.1, 0.15) is 0 Å². The molecule has 0 aliphatic carbocycles. The number of nitrogens with one attached hydrogen (secondary N) is 1. The normalized spacial score (nSPS) is 11.0. The number of aromatic amines is 1. The van der Waals surface area contributed by atoms with Gasteiger partial charge in [0.05, 0.1) is 16.9 Å². The molecule has 0 atom stereocenters. The number of benzene rings is 1. The summed E-state index contributed by atoms with van der Waals surface area (Å²) >= 11 is 0. The van der Waals surface area contributed by atoms with Crippen LogP contribution in [-0.4, -0.2) is 19.7 Å². The topological polar surface area (TPSA) is 46.5 Å². The summed E-state index contributed by atoms with van der Waals surface area (Å²) in [6.45, 7) is 0. The molecule has 1 aromatic carbocycles. The third-order valence-electron chi connectivity index (χ3n) is 3.37. The van der Waals surface area contributed by atoms with Gasteiger partial charge in [-0.2, -0.15) is 5.10 Å². The van der Waals surface area contributed by atoms with E-state index >= 15 is 0 Å². The smallest absolute Gasteiger partial charge is 0.160 e. The zero-order chi connectivity index (χ0) is 13.4. The van der Waals surface area contributed by atoms with Crippen molar-refractivity contribution in [2.24, 2.45) is 0 Å². The minimum Gasteiger partial charge on any atom is -0.360 e. The van der Waals surface area contributed by atoms with Gasteiger partial charge < -0.3 is 4.98 Å². The standard InChI is InChI=1S/C16H12N4/c1-2-7-14-12(5-1)11-15(13-6-3-9-17-13)20(14)16-8-4-10-18-19-16/h1-11,17H. The quantitative estimate of drug-likeness (QED) is 0.600. The maximum Gasteiger partial charge on any atom is 0.160 e. The van der Waals surface area contributed by atoms with Crippen LogP contribution in [-0.2, 0) is 0 Å². The molecule has 0 saturated heterocycles. The van der Waals surface area contributed by atoms with Gasteiger partial charge in [0, 0.05) is 17.8 Å². The van der Waals surface area contributed by atoms with Gasteiger partial charge in [-0.05, 0) is 36.4 Å². The lowest BCUT2D eigenvalue weighted by atomic mass is 10.2. The fraction of sp³-hybridized carbons (Fsp3) is 0. The molecule has 4 nitrogen and oxygen atoms in total. The Morgan fingerprint density at radius 3 is 2.70 bits per heavy atom. The highest BCUT2D eigenvalue weighted by molar-refractivity contribution is 5.88. The molecule has 4 heteroatoms. The van der Waals surface area contributed by atoms with E-state index in [1.165, 1.54) is 5.39 Å². The lowest BCUT2D eigenvalue weighted by Gasteiger charge is -2.07. The van der Waals surface area contributed by atoms with Gasteiger partial charge in [0.1, 0.15) is 0 Å². The molecule has 0 spiro atoms. The Kier molecular flexibility index (Phi) is 2.39. The van der Waals surface area contributed by atoms with Crippen LogP contribution in [0.3, 0.4) is 0 Å². The molecule has 4 rings (SSSR count). The molecule has 96 valence electrons. The van der Waals surface area contributed by atoms with Crippen molar-refractivity contribution in [2.75, 3.05) is 0 Å². The molecule has 4 aromatic rings. The number of aromatic nitrogens is 4. The first kappa shape index (κ1) is 11.0. The van der Waals surface area contributed by atoms with E-state index in [1.807, 2.05) is 36.5 Å². The summed E-state index contributed by atoms with van der Waals surface area (Å²) in [5.74, 6) is 0.818. The Morgan fingerprint density at radius 2 is 1.90 bits per heavy atom. The summed E-state index contributed by atoms with van der Waals surface area (Å²) in [6, 6.07) is 18.4. The molecule has 0 fully saturated rings. The molecule has 3 heterocycles. The molecule has 0 amide bonds. The summed E-state index contributed by atoms with van der Waals surface area (Å²) in [5.41, 5.74) is 3.26. The van der Waals surface area contributed by atoms with Gasteiger partial charge in [-0.15, -0.1) is 5.10 Å². The van der Waals surface area contributed by atoms with E-state index in [4.69, 9.17) is 0 Å². The Bertz CT molecular complexity index is 845. The van der Waals surface area contributed by atoms with Crippen LogP contribution in [0.4, 0.5) is 0 Å². The van der Waals surface area contributed by atoms with Crippen molar-refractivity contribution in [1.29, 1.82) is 0 Å². The van der Waals surface area contributed by atoms with Gasteiger partial charge in [0.25, 0.3) is 0 Å². The van der Waals surface area contributed by atoms with Crippen molar-refractivity contribution in [3.05, 3.63) is 67.0 Å². The second kappa shape index (κ2) is 4.35. The van der Waals surface area contributed by atoms with Crippen LogP contribution in [0.5, 0.6) is 0 Å². The van der Waals surface area contributed by atoms with E-state index in [9.17, 15) is 0 Å². The molecule has 0 aliphatic heterocycles. The van der Waals surface area contributed by atoms with E-state index < -0.39 is 0 Å². The number of H-pyrrole nitrogens is 1. The van der Waals surface area contributed by atoms with Crippen molar-refractivity contribution in [2.45, 2.75) is 0 Å². The number of fused-ring (bicyclic) bond motifs is 1. The highest BCUT2D eigenvalue weighted by Crippen LogP contribution is 2.29. The van der Waals surface area contributed by atoms with Gasteiger partial charge in [-0.3, -0.25) is 4.57 Å². The van der Waals surface area contributed by atoms with Crippen LogP contribution >= 0.6 is 0 Å². The van der Waals surface area contributed by atoms with E-state index in [1.54, 1.807) is 6.20 Å². The van der Waals surface area contributed by atoms with Crippen LogP contribution in [0.2, 0.25) is 0 Å². The average Bonchev–Trinajstić information content (AvgIpc) is 3.15. The van der Waals surface area contributed by atoms with Crippen LogP contribution in [0.15, 0.2) is 67.0 Å². The first-order valence-electron chi connectivity index (χ1n) is 6.46. The molecule has 0 bridgehead atoms. The fourth-order valence-corrected chi connectivity index (χ4v) is 2.50. The molecule has 0 aliphatic rings. The van der Waals surface area contributed by atoms with E-state index in [0.29, 0.717) is 0 Å². The van der Waals surface area contributed by atoms with Gasteiger partial charge >= 0.3 is 0 Å². The summed E-state index contributed by atoms with van der Waals surface area (Å²) in [5, 5.41) is 9.41. The van der Waals surface area contributed by atoms with Gasteiger partial charge in [-0.1, -0.05) is 18.2 Å². The predicted molar refractivity (Wildman–Crippen MR) is 78.7 cm³/mol. The number of hydrogen-bond acceptors (Lipinski definition) is 2. The first-order valence-corrected chi connectivity index (χ1v) is 6.46. The van der Waals surface area contributed by atoms with Gasteiger partial charge in [0.2, 0.25) is 0 Å². The average molecular weight is 260 g/mol. The third-order valence-corrected chi connectivity index (χ3v) is 3.37. The zero-order valence-electron chi connectivity index (χ0n) is 10.7. The molecule has 20 heavy (non-hydrogen) atoms. The number of para-hydroxylation sites is 1. The van der Waals surface area contributed by atoms with Crippen molar-refractivity contribution >= 4 is 10.9 Å². The highest BCUT2D eigenvalue weighted by atomic mass is 15.2. The predicted octanol–water partition coefficient (Wildman–Crippen LogP) is 3.42. The lowest BCUT2D eigenvalue weighted by Crippen LogP contribution is -2.00. The summed E-state index contributed by atoms with van der Waals surface area (Å²) in [7, 11) is 0. The highest BCUT2D eigenvalue weighted by Gasteiger charge is 2.13. The Balaban J connectivity index is 2.09. The SMILES string of the molecule is c1cnnc(-n2c(-c3ccc[nH]3)cc3ccccc32)c1. The van der Waals surface area contributed by atoms with E-state index in [0.717, 1.165) is 22.7 Å². The maximum absolute atomic E-state index is 4.24. The van der Waals surface area contributed by atoms with Crippen molar-refractivity contribution in [3.8, 4) is 17.2 Å². The Labute approximate surface area is 115 Å². The summed E-state index contributed by atoms with van der Waals surface area (Å²) in [4.78, 5) is 3.26. The molecule has 1 N–H and O–H groups in total. The fourth-order valence-electron chi connectivity index (χ4n) is 2.50. The van der Waals surface area contributed by atoms with Crippen molar-refractivity contribution < 1.29 is 0 Å².